The van der Waals surface area contributed by atoms with Gasteiger partial charge in [0.1, 0.15) is 6.04 Å². The number of carboxylic acids is 1. The van der Waals surface area contributed by atoms with Gasteiger partial charge in [0.05, 0.1) is 16.6 Å². The number of nitro groups is 1. The maximum atomic E-state index is 12.4. The molecule has 0 bridgehead atoms. The molecule has 8 nitrogen and oxygen atoms in total. The molecule has 0 amide bonds. The first-order chi connectivity index (χ1) is 12.5. The number of H-pyrrole nitrogens is 1. The number of hydrogen-bond acceptors (Lipinski definition) is 5. The molecule has 2 atom stereocenters. The van der Waals surface area contributed by atoms with E-state index in [1.54, 1.807) is 0 Å². The van der Waals surface area contributed by atoms with Crippen LogP contribution in [0.5, 0.6) is 5.75 Å². The number of nitrogens with two attached hydrogens (primary N) is 1. The van der Waals surface area contributed by atoms with Crippen molar-refractivity contribution in [2.24, 2.45) is 0 Å². The second-order valence-electron chi connectivity index (χ2n) is 6.34. The van der Waals surface area contributed by atoms with Gasteiger partial charge in [-0.25, -0.2) is 0 Å². The average molecular weight is 352 g/mol. The first-order valence-electron chi connectivity index (χ1n) is 8.06. The molecule has 1 aromatic heterocycles. The number of aromatic amines is 1. The Balaban J connectivity index is 1.93. The highest BCUT2D eigenvalue weighted by molar-refractivity contribution is 5.86. The number of carbonyl (C=O) groups is 1. The second kappa shape index (κ2) is 5.85. The summed E-state index contributed by atoms with van der Waals surface area (Å²) < 4.78 is 0. The third-order valence-corrected chi connectivity index (χ3v) is 4.85. The van der Waals surface area contributed by atoms with Crippen LogP contribution in [-0.2, 0) is 11.2 Å². The van der Waals surface area contributed by atoms with Gasteiger partial charge in [0.25, 0.3) is 5.69 Å². The number of aliphatic carboxylic acids is 1. The van der Waals surface area contributed by atoms with Gasteiger partial charge in [-0.1, -0.05) is 30.0 Å². The van der Waals surface area contributed by atoms with Crippen molar-refractivity contribution in [2.75, 3.05) is 0 Å². The number of benzene rings is 2. The molecular weight excluding hydrogens is 338 g/mol. The Morgan fingerprint density at radius 2 is 2.00 bits per heavy atom. The Hall–Kier alpha value is -3.39. The normalized spacial score (nSPS) is 19.2. The lowest BCUT2D eigenvalue weighted by molar-refractivity contribution is -0.717. The summed E-state index contributed by atoms with van der Waals surface area (Å²) in [7, 11) is 0. The molecule has 0 aliphatic carbocycles. The monoisotopic (exact) mass is 352 g/mol. The molecule has 0 unspecified atom stereocenters. The van der Waals surface area contributed by atoms with Crippen LogP contribution < -0.4 is 15.5 Å². The Morgan fingerprint density at radius 1 is 1.23 bits per heavy atom. The fourth-order valence-electron chi connectivity index (χ4n) is 3.64. The van der Waals surface area contributed by atoms with Gasteiger partial charge in [-0.2, -0.15) is 0 Å². The van der Waals surface area contributed by atoms with Crippen LogP contribution in [0.4, 0.5) is 5.69 Å². The zero-order chi connectivity index (χ0) is 18.4. The molecule has 1 aliphatic heterocycles. The van der Waals surface area contributed by atoms with Gasteiger partial charge in [-0.15, -0.1) is 0 Å². The zero-order valence-corrected chi connectivity index (χ0v) is 13.5. The van der Waals surface area contributed by atoms with Crippen molar-refractivity contribution in [2.45, 2.75) is 18.5 Å². The molecular formula is C18H14N3O5-. The van der Waals surface area contributed by atoms with E-state index >= 15 is 0 Å². The summed E-state index contributed by atoms with van der Waals surface area (Å²) in [5.74, 6) is -1.61. The van der Waals surface area contributed by atoms with Gasteiger partial charge in [0.15, 0.2) is 6.04 Å². The van der Waals surface area contributed by atoms with Crippen molar-refractivity contribution in [3.05, 3.63) is 69.4 Å². The number of nitrogens with one attached hydrogen (secondary N) is 1. The molecule has 26 heavy (non-hydrogen) atoms. The Bertz CT molecular complexity index is 1040. The molecule has 0 fully saturated rings. The number of rotatable bonds is 3. The molecule has 132 valence electrons. The summed E-state index contributed by atoms with van der Waals surface area (Å²) in [6, 6.07) is 9.40. The van der Waals surface area contributed by atoms with Gasteiger partial charge in [0, 0.05) is 35.0 Å². The van der Waals surface area contributed by atoms with Crippen LogP contribution in [0.25, 0.3) is 10.9 Å². The van der Waals surface area contributed by atoms with E-state index in [0.29, 0.717) is 5.69 Å². The largest absolute Gasteiger partial charge is 0.872 e. The molecule has 0 saturated heterocycles. The van der Waals surface area contributed by atoms with Crippen LogP contribution in [0.1, 0.15) is 22.9 Å². The first-order valence-corrected chi connectivity index (χ1v) is 8.06. The van der Waals surface area contributed by atoms with Crippen LogP contribution in [-0.4, -0.2) is 21.9 Å². The van der Waals surface area contributed by atoms with Gasteiger partial charge in [-0.05, 0) is 11.6 Å². The summed E-state index contributed by atoms with van der Waals surface area (Å²) in [6.45, 7) is 0. The predicted octanol–water partition coefficient (Wildman–Crippen LogP) is -0.523. The highest BCUT2D eigenvalue weighted by Gasteiger charge is 2.35. The van der Waals surface area contributed by atoms with Gasteiger partial charge < -0.3 is 25.3 Å². The van der Waals surface area contributed by atoms with Gasteiger partial charge >= 0.3 is 0 Å². The summed E-state index contributed by atoms with van der Waals surface area (Å²) in [5, 5.41) is 37.4. The fraction of sp³-hybridized carbons (Fsp3) is 0.167. The first kappa shape index (κ1) is 16.1. The number of carbonyl (C=O) groups excluding carboxylic acids is 1. The summed E-state index contributed by atoms with van der Waals surface area (Å²) >= 11 is 0. The topological polar surface area (TPSA) is 139 Å². The number of carboxylic acid groups (broad SMARTS) is 1. The fourth-order valence-corrected chi connectivity index (χ4v) is 3.64. The smallest absolute Gasteiger partial charge is 0.269 e. The molecule has 3 N–H and O–H groups in total. The third kappa shape index (κ3) is 2.47. The molecule has 2 aromatic carbocycles. The number of nitrogens with zero attached hydrogens (tertiary/aromatic N) is 1. The average Bonchev–Trinajstić information content (AvgIpc) is 3.00. The lowest BCUT2D eigenvalue weighted by Gasteiger charge is -2.30. The minimum absolute atomic E-state index is 0.179. The molecule has 2 heterocycles. The number of fused-ring (bicyclic) bond motifs is 3. The number of non-ortho nitro benzene ring substituents is 1. The van der Waals surface area contributed by atoms with Crippen molar-refractivity contribution in [3.8, 4) is 5.75 Å². The number of quaternary nitrogens is 1. The van der Waals surface area contributed by atoms with Crippen molar-refractivity contribution in [3.63, 3.8) is 0 Å². The number of nitro benzene ring substituents is 1. The zero-order valence-electron chi connectivity index (χ0n) is 13.5. The number of aromatic nitrogens is 1. The highest BCUT2D eigenvalue weighted by Crippen LogP contribution is 2.35. The van der Waals surface area contributed by atoms with Crippen LogP contribution in [0.2, 0.25) is 0 Å². The van der Waals surface area contributed by atoms with E-state index in [-0.39, 0.29) is 23.4 Å². The molecule has 0 spiro atoms. The Labute approximate surface area is 147 Å². The van der Waals surface area contributed by atoms with E-state index < -0.39 is 23.0 Å². The van der Waals surface area contributed by atoms with E-state index in [1.165, 1.54) is 11.4 Å². The minimum Gasteiger partial charge on any atom is -0.872 e. The summed E-state index contributed by atoms with van der Waals surface area (Å²) in [4.78, 5) is 25.3. The van der Waals surface area contributed by atoms with E-state index in [1.807, 2.05) is 24.3 Å². The van der Waals surface area contributed by atoms with E-state index in [9.17, 15) is 25.1 Å². The molecule has 1 aliphatic rings. The lowest BCUT2D eigenvalue weighted by atomic mass is 9.90. The van der Waals surface area contributed by atoms with Crippen molar-refractivity contribution in [1.82, 2.24) is 4.98 Å². The summed E-state index contributed by atoms with van der Waals surface area (Å²) in [6.07, 6.45) is 0.251. The minimum atomic E-state index is -1.23. The summed E-state index contributed by atoms with van der Waals surface area (Å²) in [5.41, 5.74) is 2.29. The van der Waals surface area contributed by atoms with Gasteiger partial charge in [-0.3, -0.25) is 10.1 Å². The standard InChI is InChI=1S/C18H15N3O5/c22-15-6-5-9(21(25)26)7-12(15)17-16-11(8-14(20-17)18(23)24)10-3-1-2-4-13(10)19-16/h1-7,14,17,19-20,22H,8H2,(H,23,24)/p-1/t14-,17-/m0/s1. The van der Waals surface area contributed by atoms with E-state index in [0.717, 1.165) is 28.6 Å². The third-order valence-electron chi connectivity index (χ3n) is 4.85. The van der Waals surface area contributed by atoms with Crippen molar-refractivity contribution >= 4 is 22.6 Å². The van der Waals surface area contributed by atoms with Crippen LogP contribution in [0.15, 0.2) is 42.5 Å². The molecule has 4 rings (SSSR count). The second-order valence-corrected chi connectivity index (χ2v) is 6.34. The SMILES string of the molecule is O=C([O-])[C@@H]1Cc2c([nH]c3ccccc23)[C@H](c2cc([N+](=O)[O-])ccc2[O-])[NH2+]1. The quantitative estimate of drug-likeness (QED) is 0.482. The van der Waals surface area contributed by atoms with Crippen LogP contribution in [0, 0.1) is 10.1 Å². The highest BCUT2D eigenvalue weighted by atomic mass is 16.6. The maximum absolute atomic E-state index is 12.4. The number of para-hydroxylation sites is 1. The lowest BCUT2D eigenvalue weighted by Crippen LogP contribution is -2.95. The Morgan fingerprint density at radius 3 is 2.73 bits per heavy atom. The predicted molar refractivity (Wildman–Crippen MR) is 87.1 cm³/mol. The van der Waals surface area contributed by atoms with Crippen LogP contribution >= 0.6 is 0 Å². The maximum Gasteiger partial charge on any atom is 0.269 e. The van der Waals surface area contributed by atoms with Crippen LogP contribution in [0.3, 0.4) is 0 Å². The molecule has 0 radical (unpaired) electrons. The van der Waals surface area contributed by atoms with Crippen molar-refractivity contribution < 1.29 is 25.2 Å². The molecule has 0 saturated carbocycles. The number of hydrogen-bond donors (Lipinski definition) is 2. The van der Waals surface area contributed by atoms with Gasteiger partial charge in [0.2, 0.25) is 0 Å². The molecule has 3 aromatic rings. The Kier molecular flexibility index (Phi) is 3.62. The van der Waals surface area contributed by atoms with E-state index in [2.05, 4.69) is 4.98 Å². The van der Waals surface area contributed by atoms with Crippen molar-refractivity contribution in [1.29, 1.82) is 0 Å². The van der Waals surface area contributed by atoms with E-state index in [4.69, 9.17) is 0 Å². The molecule has 8 heteroatoms.